The number of rotatable bonds is 2. The highest BCUT2D eigenvalue weighted by Crippen LogP contribution is 2.38. The van der Waals surface area contributed by atoms with Crippen molar-refractivity contribution in [2.45, 2.75) is 37.8 Å². The molecule has 2 bridgehead atoms. The number of aryl methyl sites for hydroxylation is 1. The third-order valence-corrected chi connectivity index (χ3v) is 4.33. The molecule has 4 atom stereocenters. The van der Waals surface area contributed by atoms with Crippen molar-refractivity contribution in [3.8, 4) is 0 Å². The molecule has 1 aromatic heterocycles. The molecule has 1 aromatic rings. The van der Waals surface area contributed by atoms with Gasteiger partial charge in [-0.15, -0.1) is 0 Å². The van der Waals surface area contributed by atoms with Crippen LogP contribution >= 0.6 is 0 Å². The number of aromatic amines is 1. The second kappa shape index (κ2) is 6.10. The number of hydrogen-bond donors (Lipinski definition) is 5. The SMILES string of the molecule is CC(=O)NC1=NC[C@]2(CO)O[C@@H](n3cc(C)c(=O)[nH]c3=O)C(N1)C2O. The first kappa shape index (κ1) is 17.3. The maximum atomic E-state index is 12.2. The number of nitrogens with zero attached hydrogens (tertiary/aromatic N) is 2. The normalized spacial score (nSPS) is 31.0. The molecule has 2 aliphatic rings. The summed E-state index contributed by atoms with van der Waals surface area (Å²) >= 11 is 0. The smallest absolute Gasteiger partial charge is 0.330 e. The largest absolute Gasteiger partial charge is 0.393 e. The highest BCUT2D eigenvalue weighted by molar-refractivity contribution is 5.96. The van der Waals surface area contributed by atoms with Crippen LogP contribution < -0.4 is 21.9 Å². The highest BCUT2D eigenvalue weighted by atomic mass is 16.6. The van der Waals surface area contributed by atoms with Crippen molar-refractivity contribution in [2.75, 3.05) is 13.2 Å². The molecule has 1 amide bonds. The number of aliphatic hydroxyl groups is 2. The Hall–Kier alpha value is -2.50. The van der Waals surface area contributed by atoms with E-state index in [9.17, 15) is 24.6 Å². The van der Waals surface area contributed by atoms with Gasteiger partial charge in [-0.25, -0.2) is 9.79 Å². The van der Waals surface area contributed by atoms with Crippen molar-refractivity contribution in [3.05, 3.63) is 32.6 Å². The van der Waals surface area contributed by atoms with Crippen molar-refractivity contribution < 1.29 is 19.7 Å². The van der Waals surface area contributed by atoms with Crippen LogP contribution in [0.25, 0.3) is 0 Å². The zero-order valence-corrected chi connectivity index (χ0v) is 13.6. The van der Waals surface area contributed by atoms with Crippen LogP contribution in [0.4, 0.5) is 0 Å². The lowest BCUT2D eigenvalue weighted by Gasteiger charge is -2.27. The predicted octanol–water partition coefficient (Wildman–Crippen LogP) is -3.07. The number of carbonyl (C=O) groups is 1. The molecule has 2 aliphatic heterocycles. The van der Waals surface area contributed by atoms with Gasteiger partial charge in [-0.1, -0.05) is 0 Å². The average molecular weight is 353 g/mol. The van der Waals surface area contributed by atoms with Gasteiger partial charge in [-0.05, 0) is 6.92 Å². The van der Waals surface area contributed by atoms with Crippen LogP contribution in [0.2, 0.25) is 0 Å². The molecule has 1 fully saturated rings. The van der Waals surface area contributed by atoms with Crippen LogP contribution in [-0.4, -0.2) is 62.5 Å². The zero-order chi connectivity index (χ0) is 18.4. The Kier molecular flexibility index (Phi) is 4.22. The summed E-state index contributed by atoms with van der Waals surface area (Å²) in [6.45, 7) is 2.15. The minimum Gasteiger partial charge on any atom is -0.393 e. The molecule has 11 heteroatoms. The first-order valence-corrected chi connectivity index (χ1v) is 7.65. The van der Waals surface area contributed by atoms with Crippen LogP contribution in [0.15, 0.2) is 20.8 Å². The second-order valence-electron chi connectivity index (χ2n) is 6.17. The van der Waals surface area contributed by atoms with E-state index in [1.165, 1.54) is 20.0 Å². The lowest BCUT2D eigenvalue weighted by atomic mass is 9.95. The van der Waals surface area contributed by atoms with E-state index in [1.54, 1.807) is 0 Å². The Morgan fingerprint density at radius 3 is 2.92 bits per heavy atom. The van der Waals surface area contributed by atoms with Crippen LogP contribution in [-0.2, 0) is 9.53 Å². The molecule has 2 unspecified atom stereocenters. The van der Waals surface area contributed by atoms with Gasteiger partial charge in [-0.3, -0.25) is 24.5 Å². The fraction of sp³-hybridized carbons (Fsp3) is 0.571. The summed E-state index contributed by atoms with van der Waals surface area (Å²) in [6, 6.07) is -0.886. The molecule has 0 spiro atoms. The van der Waals surface area contributed by atoms with Crippen molar-refractivity contribution in [3.63, 3.8) is 0 Å². The minimum atomic E-state index is -1.44. The summed E-state index contributed by atoms with van der Waals surface area (Å²) in [6.07, 6.45) is -0.918. The van der Waals surface area contributed by atoms with Gasteiger partial charge in [0.1, 0.15) is 17.7 Å². The van der Waals surface area contributed by atoms with Crippen molar-refractivity contribution in [1.82, 2.24) is 20.2 Å². The number of ether oxygens (including phenoxy) is 1. The molecule has 1 saturated heterocycles. The molecule has 0 aliphatic carbocycles. The number of aliphatic imine (C=N–C) groups is 1. The van der Waals surface area contributed by atoms with Crippen molar-refractivity contribution >= 4 is 11.9 Å². The third-order valence-electron chi connectivity index (χ3n) is 4.33. The molecule has 11 nitrogen and oxygen atoms in total. The molecule has 25 heavy (non-hydrogen) atoms. The van der Waals surface area contributed by atoms with Gasteiger partial charge in [0.05, 0.1) is 13.2 Å². The average Bonchev–Trinajstić information content (AvgIpc) is 2.72. The molecular weight excluding hydrogens is 334 g/mol. The molecule has 5 N–H and O–H groups in total. The maximum Gasteiger partial charge on any atom is 0.330 e. The summed E-state index contributed by atoms with van der Waals surface area (Å²) in [5.74, 6) is -0.263. The fourth-order valence-electron chi connectivity index (χ4n) is 2.99. The number of amides is 1. The van der Waals surface area contributed by atoms with E-state index in [1.807, 2.05) is 0 Å². The Bertz CT molecular complexity index is 845. The van der Waals surface area contributed by atoms with Gasteiger partial charge in [0.2, 0.25) is 5.91 Å². The Labute approximate surface area is 141 Å². The molecule has 136 valence electrons. The van der Waals surface area contributed by atoms with Crippen LogP contribution in [0.5, 0.6) is 0 Å². The quantitative estimate of drug-likeness (QED) is 0.377. The zero-order valence-electron chi connectivity index (χ0n) is 13.6. The van der Waals surface area contributed by atoms with Crippen LogP contribution in [0.3, 0.4) is 0 Å². The minimum absolute atomic E-state index is 0.106. The lowest BCUT2D eigenvalue weighted by Crippen LogP contribution is -2.53. The number of carbonyl (C=O) groups excluding carboxylic acids is 1. The molecule has 3 rings (SSSR count). The Balaban J connectivity index is 2.05. The van der Waals surface area contributed by atoms with E-state index in [2.05, 4.69) is 20.6 Å². The molecular formula is C14H19N5O6. The lowest BCUT2D eigenvalue weighted by molar-refractivity contribution is -0.122. The van der Waals surface area contributed by atoms with Crippen LogP contribution in [0, 0.1) is 6.92 Å². The van der Waals surface area contributed by atoms with E-state index in [0.717, 1.165) is 4.57 Å². The summed E-state index contributed by atoms with van der Waals surface area (Å²) in [7, 11) is 0. The third kappa shape index (κ3) is 2.86. The monoisotopic (exact) mass is 353 g/mol. The summed E-state index contributed by atoms with van der Waals surface area (Å²) in [5, 5.41) is 25.7. The van der Waals surface area contributed by atoms with Gasteiger partial charge in [0.15, 0.2) is 12.2 Å². The Morgan fingerprint density at radius 1 is 1.56 bits per heavy atom. The number of guanidine groups is 1. The standard InChI is InChI=1S/C14H19N5O6/c1-6-3-19(13(24)18-10(6)23)11-8-9(22)14(5-20,25-11)4-15-12(17-8)16-7(2)21/h3,8-9,11,20,22H,4-5H2,1-2H3,(H,18,23,24)(H2,15,16,17,21)/t8?,9?,11-,14-/m1/s1. The van der Waals surface area contributed by atoms with Crippen molar-refractivity contribution in [1.29, 1.82) is 0 Å². The summed E-state index contributed by atoms with van der Waals surface area (Å²) in [5.41, 5.74) is -2.39. The van der Waals surface area contributed by atoms with Gasteiger partial charge in [0, 0.05) is 18.7 Å². The van der Waals surface area contributed by atoms with E-state index in [4.69, 9.17) is 4.74 Å². The van der Waals surface area contributed by atoms with Gasteiger partial charge >= 0.3 is 5.69 Å². The maximum absolute atomic E-state index is 12.2. The second-order valence-corrected chi connectivity index (χ2v) is 6.17. The highest BCUT2D eigenvalue weighted by Gasteiger charge is 2.57. The van der Waals surface area contributed by atoms with E-state index < -0.39 is 41.8 Å². The first-order valence-electron chi connectivity index (χ1n) is 7.65. The van der Waals surface area contributed by atoms with Gasteiger partial charge in [-0.2, -0.15) is 0 Å². The van der Waals surface area contributed by atoms with Gasteiger partial charge in [0.25, 0.3) is 5.56 Å². The van der Waals surface area contributed by atoms with E-state index in [0.29, 0.717) is 0 Å². The first-order chi connectivity index (χ1) is 11.8. The number of hydrogen-bond acceptors (Lipinski definition) is 8. The Morgan fingerprint density at radius 2 is 2.28 bits per heavy atom. The predicted molar refractivity (Wildman–Crippen MR) is 85.0 cm³/mol. The topological polar surface area (TPSA) is 158 Å². The number of H-pyrrole nitrogens is 1. The van der Waals surface area contributed by atoms with E-state index in [-0.39, 0.29) is 24.0 Å². The number of aliphatic hydroxyl groups excluding tert-OH is 2. The van der Waals surface area contributed by atoms with Gasteiger partial charge < -0.3 is 20.3 Å². The number of fused-ring (bicyclic) bond motifs is 2. The molecule has 0 saturated carbocycles. The van der Waals surface area contributed by atoms with Crippen LogP contribution in [0.1, 0.15) is 18.7 Å². The number of nitrogens with one attached hydrogen (secondary N) is 3. The van der Waals surface area contributed by atoms with E-state index >= 15 is 0 Å². The molecule has 0 aromatic carbocycles. The summed E-state index contributed by atoms with van der Waals surface area (Å²) < 4.78 is 6.92. The van der Waals surface area contributed by atoms with Crippen molar-refractivity contribution in [2.24, 2.45) is 4.99 Å². The fourth-order valence-corrected chi connectivity index (χ4v) is 2.99. The molecule has 0 radical (unpaired) electrons. The summed E-state index contributed by atoms with van der Waals surface area (Å²) in [4.78, 5) is 41.3. The molecule has 3 heterocycles. The number of aromatic nitrogens is 2.